The first kappa shape index (κ1) is 15.7. The molecule has 3 heteroatoms. The second-order valence-corrected chi connectivity index (χ2v) is 5.66. The van der Waals surface area contributed by atoms with E-state index < -0.39 is 5.41 Å². The molecule has 0 fully saturated rings. The SMILES string of the molecule is CCCc1ccc(CCNC(=O)C(C)(C)CN)cc1. The third-order valence-electron chi connectivity index (χ3n) is 3.39. The monoisotopic (exact) mass is 262 g/mol. The van der Waals surface area contributed by atoms with Gasteiger partial charge < -0.3 is 11.1 Å². The summed E-state index contributed by atoms with van der Waals surface area (Å²) in [7, 11) is 0. The number of nitrogens with one attached hydrogen (secondary N) is 1. The second-order valence-electron chi connectivity index (χ2n) is 5.66. The molecular weight excluding hydrogens is 236 g/mol. The highest BCUT2D eigenvalue weighted by molar-refractivity contribution is 5.82. The van der Waals surface area contributed by atoms with E-state index in [1.54, 1.807) is 0 Å². The lowest BCUT2D eigenvalue weighted by Gasteiger charge is -2.21. The zero-order valence-electron chi connectivity index (χ0n) is 12.3. The summed E-state index contributed by atoms with van der Waals surface area (Å²) in [5.41, 5.74) is 7.72. The molecule has 0 aliphatic carbocycles. The van der Waals surface area contributed by atoms with E-state index in [1.165, 1.54) is 17.5 Å². The van der Waals surface area contributed by atoms with E-state index in [0.29, 0.717) is 13.1 Å². The van der Waals surface area contributed by atoms with Gasteiger partial charge in [-0.1, -0.05) is 37.6 Å². The van der Waals surface area contributed by atoms with Crippen LogP contribution < -0.4 is 11.1 Å². The molecule has 0 aromatic heterocycles. The van der Waals surface area contributed by atoms with Crippen LogP contribution in [0.25, 0.3) is 0 Å². The number of carbonyl (C=O) groups is 1. The lowest BCUT2D eigenvalue weighted by atomic mass is 9.92. The summed E-state index contributed by atoms with van der Waals surface area (Å²) in [6, 6.07) is 8.63. The maximum absolute atomic E-state index is 11.8. The number of benzene rings is 1. The fraction of sp³-hybridized carbons (Fsp3) is 0.562. The van der Waals surface area contributed by atoms with Crippen LogP contribution in [0.3, 0.4) is 0 Å². The lowest BCUT2D eigenvalue weighted by Crippen LogP contribution is -2.42. The highest BCUT2D eigenvalue weighted by Gasteiger charge is 2.24. The van der Waals surface area contributed by atoms with Crippen molar-refractivity contribution >= 4 is 5.91 Å². The Balaban J connectivity index is 2.39. The van der Waals surface area contributed by atoms with Crippen molar-refractivity contribution in [1.29, 1.82) is 0 Å². The largest absolute Gasteiger partial charge is 0.355 e. The molecule has 0 radical (unpaired) electrons. The standard InChI is InChI=1S/C16H26N2O/c1-4-5-13-6-8-14(9-7-13)10-11-18-15(19)16(2,3)12-17/h6-9H,4-5,10-12,17H2,1-3H3,(H,18,19). The molecule has 0 aliphatic heterocycles. The molecule has 106 valence electrons. The van der Waals surface area contributed by atoms with Gasteiger partial charge in [0, 0.05) is 13.1 Å². The predicted octanol–water partition coefficient (Wildman–Crippen LogP) is 2.28. The number of aryl methyl sites for hydroxylation is 1. The summed E-state index contributed by atoms with van der Waals surface area (Å²) in [4.78, 5) is 11.8. The van der Waals surface area contributed by atoms with Crippen LogP contribution in [0.4, 0.5) is 0 Å². The average Bonchev–Trinajstić information content (AvgIpc) is 2.41. The van der Waals surface area contributed by atoms with Crippen LogP contribution in [0, 0.1) is 5.41 Å². The molecule has 0 atom stereocenters. The molecule has 3 nitrogen and oxygen atoms in total. The van der Waals surface area contributed by atoms with Crippen LogP contribution >= 0.6 is 0 Å². The van der Waals surface area contributed by atoms with E-state index in [1.807, 2.05) is 13.8 Å². The van der Waals surface area contributed by atoms with Crippen molar-refractivity contribution in [2.75, 3.05) is 13.1 Å². The van der Waals surface area contributed by atoms with Crippen LogP contribution in [-0.2, 0) is 17.6 Å². The van der Waals surface area contributed by atoms with Gasteiger partial charge in [0.1, 0.15) is 0 Å². The molecule has 0 saturated carbocycles. The number of hydrogen-bond donors (Lipinski definition) is 2. The lowest BCUT2D eigenvalue weighted by molar-refractivity contribution is -0.128. The van der Waals surface area contributed by atoms with Gasteiger partial charge in [-0.15, -0.1) is 0 Å². The van der Waals surface area contributed by atoms with E-state index in [0.717, 1.165) is 12.8 Å². The van der Waals surface area contributed by atoms with Gasteiger partial charge in [0.15, 0.2) is 0 Å². The van der Waals surface area contributed by atoms with Crippen molar-refractivity contribution in [3.63, 3.8) is 0 Å². The van der Waals surface area contributed by atoms with Gasteiger partial charge in [-0.25, -0.2) is 0 Å². The minimum Gasteiger partial charge on any atom is -0.355 e. The van der Waals surface area contributed by atoms with Crippen molar-refractivity contribution in [3.05, 3.63) is 35.4 Å². The molecule has 1 aromatic rings. The van der Waals surface area contributed by atoms with Gasteiger partial charge in [0.05, 0.1) is 5.41 Å². The van der Waals surface area contributed by atoms with Crippen LogP contribution in [0.15, 0.2) is 24.3 Å². The van der Waals surface area contributed by atoms with Crippen LogP contribution in [0.2, 0.25) is 0 Å². The molecular formula is C16H26N2O. The van der Waals surface area contributed by atoms with Gasteiger partial charge in [-0.2, -0.15) is 0 Å². The number of rotatable bonds is 7. The predicted molar refractivity (Wildman–Crippen MR) is 80.0 cm³/mol. The van der Waals surface area contributed by atoms with Gasteiger partial charge in [-0.05, 0) is 37.8 Å². The van der Waals surface area contributed by atoms with E-state index in [4.69, 9.17) is 5.73 Å². The zero-order chi connectivity index (χ0) is 14.3. The molecule has 0 bridgehead atoms. The number of amides is 1. The Bertz CT molecular complexity index is 396. The maximum atomic E-state index is 11.8. The van der Waals surface area contributed by atoms with Crippen molar-refractivity contribution in [2.45, 2.75) is 40.0 Å². The number of carbonyl (C=O) groups excluding carboxylic acids is 1. The van der Waals surface area contributed by atoms with Crippen LogP contribution in [-0.4, -0.2) is 19.0 Å². The Labute approximate surface area is 116 Å². The molecule has 0 saturated heterocycles. The van der Waals surface area contributed by atoms with E-state index in [2.05, 4.69) is 36.5 Å². The van der Waals surface area contributed by atoms with E-state index in [-0.39, 0.29) is 5.91 Å². The molecule has 19 heavy (non-hydrogen) atoms. The fourth-order valence-electron chi connectivity index (χ4n) is 1.81. The maximum Gasteiger partial charge on any atom is 0.226 e. The van der Waals surface area contributed by atoms with Crippen molar-refractivity contribution in [2.24, 2.45) is 11.1 Å². The molecule has 1 amide bonds. The smallest absolute Gasteiger partial charge is 0.226 e. The quantitative estimate of drug-likeness (QED) is 0.792. The molecule has 0 aliphatic rings. The summed E-state index contributed by atoms with van der Waals surface area (Å²) >= 11 is 0. The minimum atomic E-state index is -0.481. The van der Waals surface area contributed by atoms with Gasteiger partial charge >= 0.3 is 0 Å². The molecule has 1 aromatic carbocycles. The van der Waals surface area contributed by atoms with E-state index in [9.17, 15) is 4.79 Å². The third kappa shape index (κ3) is 5.03. The van der Waals surface area contributed by atoms with Gasteiger partial charge in [-0.3, -0.25) is 4.79 Å². The number of nitrogens with two attached hydrogens (primary N) is 1. The van der Waals surface area contributed by atoms with Crippen LogP contribution in [0.1, 0.15) is 38.3 Å². The fourth-order valence-corrected chi connectivity index (χ4v) is 1.81. The molecule has 1 rings (SSSR count). The normalized spacial score (nSPS) is 11.4. The van der Waals surface area contributed by atoms with Crippen molar-refractivity contribution < 1.29 is 4.79 Å². The Kier molecular flexibility index (Phi) is 6.03. The van der Waals surface area contributed by atoms with Crippen molar-refractivity contribution in [3.8, 4) is 0 Å². The molecule has 0 heterocycles. The summed E-state index contributed by atoms with van der Waals surface area (Å²) in [6.07, 6.45) is 3.16. The van der Waals surface area contributed by atoms with E-state index >= 15 is 0 Å². The summed E-state index contributed by atoms with van der Waals surface area (Å²) in [5, 5.41) is 2.94. The van der Waals surface area contributed by atoms with Crippen LogP contribution in [0.5, 0.6) is 0 Å². The molecule has 3 N–H and O–H groups in total. The highest BCUT2D eigenvalue weighted by atomic mass is 16.2. The Morgan fingerprint density at radius 3 is 2.16 bits per heavy atom. The second kappa shape index (κ2) is 7.29. The first-order chi connectivity index (χ1) is 8.99. The topological polar surface area (TPSA) is 55.1 Å². The zero-order valence-corrected chi connectivity index (χ0v) is 12.3. The Morgan fingerprint density at radius 2 is 1.68 bits per heavy atom. The average molecular weight is 262 g/mol. The van der Waals surface area contributed by atoms with Gasteiger partial charge in [0.2, 0.25) is 5.91 Å². The van der Waals surface area contributed by atoms with Gasteiger partial charge in [0.25, 0.3) is 0 Å². The highest BCUT2D eigenvalue weighted by Crippen LogP contribution is 2.12. The Hall–Kier alpha value is -1.35. The first-order valence-corrected chi connectivity index (χ1v) is 7.06. The number of hydrogen-bond acceptors (Lipinski definition) is 2. The van der Waals surface area contributed by atoms with Crippen molar-refractivity contribution in [1.82, 2.24) is 5.32 Å². The third-order valence-corrected chi connectivity index (χ3v) is 3.39. The molecule has 0 unspecified atom stereocenters. The summed E-state index contributed by atoms with van der Waals surface area (Å²) in [6.45, 7) is 6.94. The molecule has 0 spiro atoms. The Morgan fingerprint density at radius 1 is 1.16 bits per heavy atom. The first-order valence-electron chi connectivity index (χ1n) is 7.06. The minimum absolute atomic E-state index is 0.0256. The summed E-state index contributed by atoms with van der Waals surface area (Å²) in [5.74, 6) is 0.0256. The summed E-state index contributed by atoms with van der Waals surface area (Å²) < 4.78 is 0.